The summed E-state index contributed by atoms with van der Waals surface area (Å²) in [5.74, 6) is 0.879. The molecular weight excluding hydrogens is 274 g/mol. The Labute approximate surface area is 132 Å². The van der Waals surface area contributed by atoms with E-state index in [1.165, 1.54) is 16.7 Å². The first-order chi connectivity index (χ1) is 10.6. The van der Waals surface area contributed by atoms with Crippen molar-refractivity contribution >= 4 is 5.78 Å². The maximum absolute atomic E-state index is 11.9. The molecule has 0 spiro atoms. The second-order valence-electron chi connectivity index (χ2n) is 5.45. The summed E-state index contributed by atoms with van der Waals surface area (Å²) in [7, 11) is 0. The minimum absolute atomic E-state index is 0.0999. The lowest BCUT2D eigenvalue weighted by atomic mass is 10.1. The van der Waals surface area contributed by atoms with Crippen LogP contribution in [0.15, 0.2) is 42.5 Å². The van der Waals surface area contributed by atoms with Crippen molar-refractivity contribution in [3.63, 3.8) is 0 Å². The van der Waals surface area contributed by atoms with E-state index in [9.17, 15) is 4.79 Å². The Morgan fingerprint density at radius 3 is 2.50 bits per heavy atom. The zero-order chi connectivity index (χ0) is 15.9. The summed E-state index contributed by atoms with van der Waals surface area (Å²) < 4.78 is 5.82. The summed E-state index contributed by atoms with van der Waals surface area (Å²) in [6, 6.07) is 13.7. The third kappa shape index (κ3) is 4.43. The second kappa shape index (κ2) is 7.76. The summed E-state index contributed by atoms with van der Waals surface area (Å²) >= 11 is 0. The van der Waals surface area contributed by atoms with Crippen LogP contribution in [0.3, 0.4) is 0 Å². The van der Waals surface area contributed by atoms with Gasteiger partial charge in [-0.25, -0.2) is 0 Å². The normalized spacial score (nSPS) is 10.5. The lowest BCUT2D eigenvalue weighted by molar-refractivity contribution is 0.0991. The monoisotopic (exact) mass is 297 g/mol. The standard InChI is InChI=1S/C19H23NO2/c1-4-20-12-19(21)16-7-9-18(10-8-16)22-13-17-11-14(2)5-6-15(17)3/h5-11,20H,4,12-13H2,1-3H3. The third-order valence-corrected chi connectivity index (χ3v) is 3.61. The van der Waals surface area contributed by atoms with E-state index < -0.39 is 0 Å². The molecule has 0 unspecified atom stereocenters. The SMILES string of the molecule is CCNCC(=O)c1ccc(OCc2cc(C)ccc2C)cc1. The van der Waals surface area contributed by atoms with Crippen molar-refractivity contribution in [1.29, 1.82) is 0 Å². The van der Waals surface area contributed by atoms with Crippen LogP contribution in [0.1, 0.15) is 34.0 Å². The number of nitrogens with one attached hydrogen (secondary N) is 1. The lowest BCUT2D eigenvalue weighted by Gasteiger charge is -2.10. The number of likely N-dealkylation sites (N-methyl/N-ethyl adjacent to an activating group) is 1. The molecule has 0 atom stereocenters. The summed E-state index contributed by atoms with van der Waals surface area (Å²) in [6.45, 7) is 7.85. The van der Waals surface area contributed by atoms with Gasteiger partial charge in [-0.2, -0.15) is 0 Å². The van der Waals surface area contributed by atoms with Gasteiger partial charge >= 0.3 is 0 Å². The quantitative estimate of drug-likeness (QED) is 0.792. The van der Waals surface area contributed by atoms with Gasteiger partial charge in [0.15, 0.2) is 5.78 Å². The van der Waals surface area contributed by atoms with Gasteiger partial charge in [-0.05, 0) is 55.8 Å². The van der Waals surface area contributed by atoms with Gasteiger partial charge in [0.05, 0.1) is 6.54 Å². The number of ether oxygens (including phenoxy) is 1. The van der Waals surface area contributed by atoms with Crippen LogP contribution in [-0.4, -0.2) is 18.9 Å². The van der Waals surface area contributed by atoms with Crippen LogP contribution in [0.2, 0.25) is 0 Å². The zero-order valence-electron chi connectivity index (χ0n) is 13.5. The molecule has 0 aliphatic carbocycles. The van der Waals surface area contributed by atoms with E-state index in [0.29, 0.717) is 18.7 Å². The smallest absolute Gasteiger partial charge is 0.176 e. The number of ketones is 1. The predicted octanol–water partition coefficient (Wildman–Crippen LogP) is 3.67. The highest BCUT2D eigenvalue weighted by atomic mass is 16.5. The first-order valence-electron chi connectivity index (χ1n) is 7.63. The average molecular weight is 297 g/mol. The Bertz CT molecular complexity index is 632. The molecule has 0 fully saturated rings. The number of carbonyl (C=O) groups excluding carboxylic acids is 1. The fraction of sp³-hybridized carbons (Fsp3) is 0.316. The van der Waals surface area contributed by atoms with E-state index in [-0.39, 0.29) is 5.78 Å². The molecule has 0 heterocycles. The van der Waals surface area contributed by atoms with Crippen molar-refractivity contribution in [3.8, 4) is 5.75 Å². The van der Waals surface area contributed by atoms with E-state index in [2.05, 4.69) is 37.4 Å². The number of hydrogen-bond donors (Lipinski definition) is 1. The van der Waals surface area contributed by atoms with Crippen LogP contribution in [0.5, 0.6) is 5.75 Å². The molecule has 2 aromatic carbocycles. The maximum atomic E-state index is 11.9. The van der Waals surface area contributed by atoms with Gasteiger partial charge in [-0.3, -0.25) is 4.79 Å². The van der Waals surface area contributed by atoms with Crippen LogP contribution in [-0.2, 0) is 6.61 Å². The minimum atomic E-state index is 0.0999. The molecule has 0 aromatic heterocycles. The van der Waals surface area contributed by atoms with Gasteiger partial charge in [0.25, 0.3) is 0 Å². The number of hydrogen-bond acceptors (Lipinski definition) is 3. The van der Waals surface area contributed by atoms with Crippen molar-refractivity contribution in [2.45, 2.75) is 27.4 Å². The van der Waals surface area contributed by atoms with E-state index in [4.69, 9.17) is 4.74 Å². The molecule has 0 bridgehead atoms. The van der Waals surface area contributed by atoms with Crippen LogP contribution in [0, 0.1) is 13.8 Å². The first kappa shape index (κ1) is 16.2. The maximum Gasteiger partial charge on any atom is 0.176 e. The Hall–Kier alpha value is -2.13. The Balaban J connectivity index is 1.96. The molecule has 0 amide bonds. The molecule has 3 nitrogen and oxygen atoms in total. The highest BCUT2D eigenvalue weighted by Gasteiger charge is 2.05. The van der Waals surface area contributed by atoms with E-state index in [0.717, 1.165) is 12.3 Å². The van der Waals surface area contributed by atoms with Crippen LogP contribution < -0.4 is 10.1 Å². The average Bonchev–Trinajstić information content (AvgIpc) is 2.54. The molecule has 2 aromatic rings. The summed E-state index contributed by atoms with van der Waals surface area (Å²) in [5.41, 5.74) is 4.35. The molecule has 0 saturated carbocycles. The lowest BCUT2D eigenvalue weighted by Crippen LogP contribution is -2.22. The summed E-state index contributed by atoms with van der Waals surface area (Å²) in [6.07, 6.45) is 0. The minimum Gasteiger partial charge on any atom is -0.489 e. The molecule has 0 aliphatic rings. The number of Topliss-reactive ketones (excluding diaryl/α,β-unsaturated/α-hetero) is 1. The zero-order valence-corrected chi connectivity index (χ0v) is 13.5. The Morgan fingerprint density at radius 1 is 1.09 bits per heavy atom. The number of benzene rings is 2. The Morgan fingerprint density at radius 2 is 1.82 bits per heavy atom. The molecule has 0 saturated heterocycles. The first-order valence-corrected chi connectivity index (χ1v) is 7.63. The Kier molecular flexibility index (Phi) is 5.73. The molecule has 2 rings (SSSR count). The van der Waals surface area contributed by atoms with Crippen molar-refractivity contribution in [1.82, 2.24) is 5.32 Å². The highest BCUT2D eigenvalue weighted by molar-refractivity contribution is 5.97. The number of carbonyl (C=O) groups is 1. The van der Waals surface area contributed by atoms with Crippen molar-refractivity contribution in [2.24, 2.45) is 0 Å². The van der Waals surface area contributed by atoms with Gasteiger partial charge in [0.1, 0.15) is 12.4 Å². The van der Waals surface area contributed by atoms with Gasteiger partial charge in [0.2, 0.25) is 0 Å². The molecule has 116 valence electrons. The van der Waals surface area contributed by atoms with Crippen LogP contribution in [0.25, 0.3) is 0 Å². The van der Waals surface area contributed by atoms with Gasteiger partial charge in [-0.1, -0.05) is 30.7 Å². The van der Waals surface area contributed by atoms with Gasteiger partial charge in [-0.15, -0.1) is 0 Å². The van der Waals surface area contributed by atoms with Gasteiger partial charge in [0, 0.05) is 5.56 Å². The number of aryl methyl sites for hydroxylation is 2. The molecule has 1 N–H and O–H groups in total. The fourth-order valence-electron chi connectivity index (χ4n) is 2.19. The molecule has 22 heavy (non-hydrogen) atoms. The van der Waals surface area contributed by atoms with E-state index >= 15 is 0 Å². The molecule has 3 heteroatoms. The van der Waals surface area contributed by atoms with Crippen molar-refractivity contribution in [2.75, 3.05) is 13.1 Å². The van der Waals surface area contributed by atoms with Crippen molar-refractivity contribution < 1.29 is 9.53 Å². The highest BCUT2D eigenvalue weighted by Crippen LogP contribution is 2.17. The topological polar surface area (TPSA) is 38.3 Å². The predicted molar refractivity (Wildman–Crippen MR) is 89.6 cm³/mol. The largest absolute Gasteiger partial charge is 0.489 e. The molecule has 0 aliphatic heterocycles. The second-order valence-corrected chi connectivity index (χ2v) is 5.45. The fourth-order valence-corrected chi connectivity index (χ4v) is 2.19. The molecule has 0 radical (unpaired) electrons. The molecular formula is C19H23NO2. The van der Waals surface area contributed by atoms with E-state index in [1.54, 1.807) is 0 Å². The third-order valence-electron chi connectivity index (χ3n) is 3.61. The van der Waals surface area contributed by atoms with Crippen LogP contribution in [0.4, 0.5) is 0 Å². The van der Waals surface area contributed by atoms with Crippen molar-refractivity contribution in [3.05, 3.63) is 64.7 Å². The van der Waals surface area contributed by atoms with Crippen LogP contribution >= 0.6 is 0 Å². The number of rotatable bonds is 7. The van der Waals surface area contributed by atoms with E-state index in [1.807, 2.05) is 31.2 Å². The van der Waals surface area contributed by atoms with Gasteiger partial charge < -0.3 is 10.1 Å². The summed E-state index contributed by atoms with van der Waals surface area (Å²) in [4.78, 5) is 11.9. The summed E-state index contributed by atoms with van der Waals surface area (Å²) in [5, 5.41) is 3.04.